The van der Waals surface area contributed by atoms with Crippen LogP contribution in [-0.4, -0.2) is 23.7 Å². The lowest BCUT2D eigenvalue weighted by Crippen LogP contribution is -2.34. The zero-order valence-corrected chi connectivity index (χ0v) is 16.9. The van der Waals surface area contributed by atoms with Crippen LogP contribution in [0.4, 0.5) is 5.82 Å². The van der Waals surface area contributed by atoms with Crippen LogP contribution in [0.25, 0.3) is 11.3 Å². The van der Waals surface area contributed by atoms with E-state index in [1.165, 1.54) is 0 Å². The highest BCUT2D eigenvalue weighted by Crippen LogP contribution is 2.38. The fourth-order valence-corrected chi connectivity index (χ4v) is 3.70. The Morgan fingerprint density at radius 3 is 2.56 bits per heavy atom. The minimum Gasteiger partial charge on any atom is -0.370 e. The molecule has 2 heterocycles. The quantitative estimate of drug-likeness (QED) is 0.716. The van der Waals surface area contributed by atoms with Gasteiger partial charge in [-0.25, -0.2) is 4.98 Å². The number of ether oxygens (including phenoxy) is 1. The van der Waals surface area contributed by atoms with Crippen LogP contribution >= 0.6 is 0 Å². The summed E-state index contributed by atoms with van der Waals surface area (Å²) in [7, 11) is 0. The summed E-state index contributed by atoms with van der Waals surface area (Å²) in [6.45, 7) is 10.8. The Morgan fingerprint density at radius 2 is 1.93 bits per heavy atom. The van der Waals surface area contributed by atoms with Crippen molar-refractivity contribution in [3.05, 3.63) is 47.0 Å². The largest absolute Gasteiger partial charge is 0.370 e. The molecule has 0 aliphatic carbocycles. The summed E-state index contributed by atoms with van der Waals surface area (Å²) >= 11 is 0. The summed E-state index contributed by atoms with van der Waals surface area (Å²) in [6.07, 6.45) is 2.94. The van der Waals surface area contributed by atoms with Crippen LogP contribution in [0.1, 0.15) is 57.2 Å². The van der Waals surface area contributed by atoms with Crippen molar-refractivity contribution in [3.63, 3.8) is 0 Å². The van der Waals surface area contributed by atoms with Crippen LogP contribution in [0.5, 0.6) is 0 Å². The van der Waals surface area contributed by atoms with Gasteiger partial charge in [0.05, 0.1) is 23.5 Å². The highest BCUT2D eigenvalue weighted by molar-refractivity contribution is 5.72. The minimum atomic E-state index is -0.272. The van der Waals surface area contributed by atoms with Gasteiger partial charge in [-0.15, -0.1) is 0 Å². The van der Waals surface area contributed by atoms with E-state index in [-0.39, 0.29) is 5.60 Å². The smallest absolute Gasteiger partial charge is 0.147 e. The van der Waals surface area contributed by atoms with Gasteiger partial charge in [-0.2, -0.15) is 5.26 Å². The van der Waals surface area contributed by atoms with E-state index < -0.39 is 0 Å². The molecule has 1 aromatic carbocycles. The maximum atomic E-state index is 10.0. The first-order valence-electron chi connectivity index (χ1n) is 9.91. The number of aromatic nitrogens is 1. The maximum Gasteiger partial charge on any atom is 0.147 e. The Balaban J connectivity index is 2.23. The van der Waals surface area contributed by atoms with Crippen LogP contribution in [0.2, 0.25) is 0 Å². The first kappa shape index (κ1) is 19.4. The van der Waals surface area contributed by atoms with Crippen LogP contribution in [0.3, 0.4) is 0 Å². The molecule has 1 aliphatic heterocycles. The number of benzene rings is 1. The predicted molar refractivity (Wildman–Crippen MR) is 110 cm³/mol. The molecule has 0 bridgehead atoms. The Kier molecular flexibility index (Phi) is 5.82. The number of fused-ring (bicyclic) bond motifs is 1. The minimum absolute atomic E-state index is 0.272. The molecule has 0 fully saturated rings. The monoisotopic (exact) mass is 363 g/mol. The molecule has 142 valence electrons. The van der Waals surface area contributed by atoms with E-state index in [9.17, 15) is 5.26 Å². The summed E-state index contributed by atoms with van der Waals surface area (Å²) in [5.74, 6) is 0.823. The number of anilines is 1. The zero-order valence-electron chi connectivity index (χ0n) is 16.9. The molecule has 0 radical (unpaired) electrons. The highest BCUT2D eigenvalue weighted by atomic mass is 16.5. The third-order valence-corrected chi connectivity index (χ3v) is 5.22. The lowest BCUT2D eigenvalue weighted by molar-refractivity contribution is -0.0400. The number of hydrogen-bond acceptors (Lipinski definition) is 4. The van der Waals surface area contributed by atoms with Crippen LogP contribution in [-0.2, 0) is 17.8 Å². The van der Waals surface area contributed by atoms with Crippen molar-refractivity contribution in [1.82, 2.24) is 4.98 Å². The van der Waals surface area contributed by atoms with Gasteiger partial charge in [0.15, 0.2) is 0 Å². The van der Waals surface area contributed by atoms with Crippen molar-refractivity contribution in [2.24, 2.45) is 0 Å². The van der Waals surface area contributed by atoms with Crippen LogP contribution < -0.4 is 4.90 Å². The number of hydrogen-bond donors (Lipinski definition) is 0. The van der Waals surface area contributed by atoms with E-state index in [2.05, 4.69) is 50.8 Å². The number of rotatable bonds is 6. The molecular weight excluding hydrogens is 334 g/mol. The molecule has 4 heteroatoms. The second-order valence-corrected chi connectivity index (χ2v) is 7.75. The van der Waals surface area contributed by atoms with Crippen molar-refractivity contribution in [2.75, 3.05) is 18.0 Å². The van der Waals surface area contributed by atoms with Crippen molar-refractivity contribution in [3.8, 4) is 17.3 Å². The second kappa shape index (κ2) is 8.10. The SMILES string of the molecule is CCCCN(CC)c1nc(-c2ccccc2)c2c(c1C#N)CC(C)(C)OC2. The average Bonchev–Trinajstić information content (AvgIpc) is 2.67. The van der Waals surface area contributed by atoms with E-state index >= 15 is 0 Å². The Bertz CT molecular complexity index is 837. The molecule has 1 aromatic heterocycles. The van der Waals surface area contributed by atoms with E-state index in [1.807, 2.05) is 18.2 Å². The van der Waals surface area contributed by atoms with Gasteiger partial charge in [0.1, 0.15) is 11.9 Å². The fourth-order valence-electron chi connectivity index (χ4n) is 3.70. The molecule has 0 N–H and O–H groups in total. The predicted octanol–water partition coefficient (Wildman–Crippen LogP) is 5.10. The number of pyridine rings is 1. The molecular formula is C23H29N3O. The van der Waals surface area contributed by atoms with Crippen molar-refractivity contribution in [1.29, 1.82) is 5.26 Å². The molecule has 0 atom stereocenters. The van der Waals surface area contributed by atoms with Crippen molar-refractivity contribution >= 4 is 5.82 Å². The highest BCUT2D eigenvalue weighted by Gasteiger charge is 2.32. The standard InChI is InChI=1S/C23H29N3O/c1-5-7-13-26(6-2)22-19(15-24)18-14-23(3,4)27-16-20(18)21(25-22)17-11-9-8-10-12-17/h8-12H,5-7,13-14,16H2,1-4H3. The lowest BCUT2D eigenvalue weighted by Gasteiger charge is -2.35. The molecule has 4 nitrogen and oxygen atoms in total. The van der Waals surface area contributed by atoms with E-state index in [0.29, 0.717) is 6.61 Å². The van der Waals surface area contributed by atoms with Gasteiger partial charge in [-0.05, 0) is 32.8 Å². The molecule has 0 saturated carbocycles. The first-order valence-corrected chi connectivity index (χ1v) is 9.91. The zero-order chi connectivity index (χ0) is 19.4. The van der Waals surface area contributed by atoms with Crippen molar-refractivity contribution in [2.45, 2.75) is 59.2 Å². The molecule has 0 spiro atoms. The van der Waals surface area contributed by atoms with Gasteiger partial charge >= 0.3 is 0 Å². The van der Waals surface area contributed by atoms with Gasteiger partial charge in [-0.3, -0.25) is 0 Å². The second-order valence-electron chi connectivity index (χ2n) is 7.75. The van der Waals surface area contributed by atoms with Crippen LogP contribution in [0, 0.1) is 11.3 Å². The van der Waals surface area contributed by atoms with Crippen molar-refractivity contribution < 1.29 is 4.74 Å². The summed E-state index contributed by atoms with van der Waals surface area (Å²) in [4.78, 5) is 7.27. The third-order valence-electron chi connectivity index (χ3n) is 5.22. The summed E-state index contributed by atoms with van der Waals surface area (Å²) in [6, 6.07) is 12.7. The molecule has 3 rings (SSSR count). The van der Waals surface area contributed by atoms with E-state index in [1.54, 1.807) is 0 Å². The molecule has 1 aliphatic rings. The molecule has 2 aromatic rings. The third kappa shape index (κ3) is 3.99. The summed E-state index contributed by atoms with van der Waals surface area (Å²) in [5.41, 5.74) is 4.64. The fraction of sp³-hybridized carbons (Fsp3) is 0.478. The van der Waals surface area contributed by atoms with Gasteiger partial charge in [-0.1, -0.05) is 43.7 Å². The van der Waals surface area contributed by atoms with Crippen LogP contribution in [0.15, 0.2) is 30.3 Å². The Hall–Kier alpha value is -2.38. The Morgan fingerprint density at radius 1 is 1.19 bits per heavy atom. The number of nitrogens with zero attached hydrogens (tertiary/aromatic N) is 3. The molecule has 27 heavy (non-hydrogen) atoms. The van der Waals surface area contributed by atoms with E-state index in [0.717, 1.165) is 66.1 Å². The number of nitriles is 1. The normalized spacial score (nSPS) is 15.1. The van der Waals surface area contributed by atoms with Gasteiger partial charge in [0, 0.05) is 30.6 Å². The maximum absolute atomic E-state index is 10.0. The summed E-state index contributed by atoms with van der Waals surface area (Å²) < 4.78 is 6.08. The lowest BCUT2D eigenvalue weighted by atomic mass is 9.87. The Labute approximate surface area is 162 Å². The topological polar surface area (TPSA) is 49.2 Å². The number of unbranched alkanes of at least 4 members (excludes halogenated alkanes) is 1. The first-order chi connectivity index (χ1) is 13.0. The molecule has 0 saturated heterocycles. The summed E-state index contributed by atoms with van der Waals surface area (Å²) in [5, 5.41) is 10.0. The van der Waals surface area contributed by atoms with Gasteiger partial charge in [0.25, 0.3) is 0 Å². The average molecular weight is 364 g/mol. The molecule has 0 amide bonds. The van der Waals surface area contributed by atoms with Gasteiger partial charge in [0.2, 0.25) is 0 Å². The van der Waals surface area contributed by atoms with E-state index in [4.69, 9.17) is 9.72 Å². The van der Waals surface area contributed by atoms with Gasteiger partial charge < -0.3 is 9.64 Å². The molecule has 0 unspecified atom stereocenters.